The Hall–Kier alpha value is -0.0400. The highest BCUT2D eigenvalue weighted by Crippen LogP contribution is 2.25. The van der Waals surface area contributed by atoms with Crippen molar-refractivity contribution in [1.29, 1.82) is 0 Å². The first-order chi connectivity index (χ1) is 7.85. The van der Waals surface area contributed by atoms with E-state index in [4.69, 9.17) is 0 Å². The largest absolute Gasteiger partial charge is 0.316 e. The zero-order valence-corrected chi connectivity index (χ0v) is 13.1. The molecule has 1 atom stereocenters. The van der Waals surface area contributed by atoms with Crippen molar-refractivity contribution in [1.82, 2.24) is 5.32 Å². The summed E-state index contributed by atoms with van der Waals surface area (Å²) in [5.74, 6) is 1.71. The van der Waals surface area contributed by atoms with Crippen molar-refractivity contribution in [3.63, 3.8) is 0 Å². The van der Waals surface area contributed by atoms with Crippen LogP contribution in [0.25, 0.3) is 0 Å². The molecule has 0 bridgehead atoms. The van der Waals surface area contributed by atoms with E-state index < -0.39 is 0 Å². The van der Waals surface area contributed by atoms with Crippen molar-refractivity contribution >= 4 is 0 Å². The summed E-state index contributed by atoms with van der Waals surface area (Å²) in [6.07, 6.45) is 6.76. The second-order valence-corrected chi connectivity index (χ2v) is 7.15. The van der Waals surface area contributed by atoms with Gasteiger partial charge in [-0.3, -0.25) is 0 Å². The van der Waals surface area contributed by atoms with E-state index in [0.717, 1.165) is 11.8 Å². The number of nitrogens with one attached hydrogen (secondary N) is 1. The summed E-state index contributed by atoms with van der Waals surface area (Å²) in [5.41, 5.74) is 0.499. The van der Waals surface area contributed by atoms with Gasteiger partial charge in [-0.25, -0.2) is 0 Å². The van der Waals surface area contributed by atoms with Crippen LogP contribution in [-0.2, 0) is 0 Å². The molecular weight excluding hydrogens is 206 g/mol. The number of hydrogen-bond acceptors (Lipinski definition) is 1. The fourth-order valence-electron chi connectivity index (χ4n) is 2.37. The summed E-state index contributed by atoms with van der Waals surface area (Å²) in [6.45, 7) is 16.4. The fraction of sp³-hybridized carbons (Fsp3) is 1.00. The maximum absolute atomic E-state index is 3.59. The summed E-state index contributed by atoms with van der Waals surface area (Å²) in [7, 11) is 0. The van der Waals surface area contributed by atoms with Gasteiger partial charge in [-0.2, -0.15) is 0 Å². The zero-order valence-electron chi connectivity index (χ0n) is 13.1. The Morgan fingerprint density at radius 3 is 2.24 bits per heavy atom. The third-order valence-corrected chi connectivity index (χ3v) is 3.20. The third-order valence-electron chi connectivity index (χ3n) is 3.20. The highest BCUT2D eigenvalue weighted by Gasteiger charge is 2.14. The lowest BCUT2D eigenvalue weighted by Crippen LogP contribution is -2.25. The minimum Gasteiger partial charge on any atom is -0.316 e. The van der Waals surface area contributed by atoms with E-state index in [9.17, 15) is 0 Å². The SMILES string of the molecule is CCCNCC(CCCC(C)(C)C)CC(C)C. The lowest BCUT2D eigenvalue weighted by molar-refractivity contribution is 0.310. The predicted octanol–water partition coefficient (Wildman–Crippen LogP) is 4.86. The molecule has 104 valence electrons. The molecule has 0 fully saturated rings. The summed E-state index contributed by atoms with van der Waals surface area (Å²) in [4.78, 5) is 0. The van der Waals surface area contributed by atoms with Crippen molar-refractivity contribution in [3.8, 4) is 0 Å². The van der Waals surface area contributed by atoms with E-state index in [1.165, 1.54) is 45.2 Å². The first-order valence-electron chi connectivity index (χ1n) is 7.56. The lowest BCUT2D eigenvalue weighted by atomic mass is 9.86. The van der Waals surface area contributed by atoms with E-state index in [2.05, 4.69) is 46.9 Å². The lowest BCUT2D eigenvalue weighted by Gasteiger charge is -2.22. The molecule has 0 saturated heterocycles. The minimum absolute atomic E-state index is 0.499. The van der Waals surface area contributed by atoms with Gasteiger partial charge in [0.1, 0.15) is 0 Å². The van der Waals surface area contributed by atoms with Gasteiger partial charge in [-0.1, -0.05) is 48.0 Å². The van der Waals surface area contributed by atoms with Crippen LogP contribution in [0.3, 0.4) is 0 Å². The molecule has 17 heavy (non-hydrogen) atoms. The molecule has 0 heterocycles. The quantitative estimate of drug-likeness (QED) is 0.568. The van der Waals surface area contributed by atoms with E-state index in [1.807, 2.05) is 0 Å². The van der Waals surface area contributed by atoms with Gasteiger partial charge < -0.3 is 5.32 Å². The summed E-state index contributed by atoms with van der Waals surface area (Å²) >= 11 is 0. The van der Waals surface area contributed by atoms with Crippen LogP contribution in [-0.4, -0.2) is 13.1 Å². The van der Waals surface area contributed by atoms with E-state index in [0.29, 0.717) is 5.41 Å². The summed E-state index contributed by atoms with van der Waals surface area (Å²) in [6, 6.07) is 0. The molecule has 0 rings (SSSR count). The maximum Gasteiger partial charge on any atom is -0.00204 e. The van der Waals surface area contributed by atoms with E-state index in [1.54, 1.807) is 0 Å². The molecule has 0 aliphatic carbocycles. The van der Waals surface area contributed by atoms with Crippen molar-refractivity contribution in [2.45, 2.75) is 73.6 Å². The van der Waals surface area contributed by atoms with Crippen molar-refractivity contribution in [2.75, 3.05) is 13.1 Å². The van der Waals surface area contributed by atoms with Crippen molar-refractivity contribution < 1.29 is 0 Å². The number of hydrogen-bond donors (Lipinski definition) is 1. The van der Waals surface area contributed by atoms with Gasteiger partial charge in [0.25, 0.3) is 0 Å². The van der Waals surface area contributed by atoms with Gasteiger partial charge in [-0.05, 0) is 56.0 Å². The standard InChI is InChI=1S/C16H35N/c1-7-11-17-13-15(12-14(2)3)9-8-10-16(4,5)6/h14-15,17H,7-13H2,1-6H3. The minimum atomic E-state index is 0.499. The fourth-order valence-corrected chi connectivity index (χ4v) is 2.37. The summed E-state index contributed by atoms with van der Waals surface area (Å²) in [5, 5.41) is 3.59. The first-order valence-corrected chi connectivity index (χ1v) is 7.56. The molecule has 1 N–H and O–H groups in total. The predicted molar refractivity (Wildman–Crippen MR) is 79.4 cm³/mol. The van der Waals surface area contributed by atoms with Crippen LogP contribution < -0.4 is 5.32 Å². The monoisotopic (exact) mass is 241 g/mol. The molecule has 1 nitrogen and oxygen atoms in total. The van der Waals surface area contributed by atoms with Crippen LogP contribution in [0.15, 0.2) is 0 Å². The van der Waals surface area contributed by atoms with Crippen LogP contribution in [0.5, 0.6) is 0 Å². The van der Waals surface area contributed by atoms with Gasteiger partial charge in [0.05, 0.1) is 0 Å². The Labute approximate surface area is 110 Å². The second kappa shape index (κ2) is 8.97. The van der Waals surface area contributed by atoms with Gasteiger partial charge in [0.15, 0.2) is 0 Å². The Balaban J connectivity index is 3.84. The topological polar surface area (TPSA) is 12.0 Å². The maximum atomic E-state index is 3.59. The molecule has 0 aliphatic rings. The zero-order chi connectivity index (χ0) is 13.3. The van der Waals surface area contributed by atoms with Crippen LogP contribution in [0, 0.1) is 17.3 Å². The molecule has 0 radical (unpaired) electrons. The Morgan fingerprint density at radius 1 is 1.12 bits per heavy atom. The van der Waals surface area contributed by atoms with Crippen LogP contribution in [0.4, 0.5) is 0 Å². The van der Waals surface area contributed by atoms with Gasteiger partial charge in [0.2, 0.25) is 0 Å². The highest BCUT2D eigenvalue weighted by atomic mass is 14.8. The Bertz CT molecular complexity index is 167. The molecule has 0 spiro atoms. The molecule has 0 saturated carbocycles. The Morgan fingerprint density at radius 2 is 1.76 bits per heavy atom. The number of rotatable bonds is 9. The molecule has 1 unspecified atom stereocenters. The normalized spacial score (nSPS) is 14.3. The third kappa shape index (κ3) is 12.2. The first kappa shape index (κ1) is 17.0. The Kier molecular flexibility index (Phi) is 8.94. The average molecular weight is 241 g/mol. The molecule has 0 aromatic heterocycles. The van der Waals surface area contributed by atoms with Crippen LogP contribution in [0.2, 0.25) is 0 Å². The van der Waals surface area contributed by atoms with Gasteiger partial charge >= 0.3 is 0 Å². The van der Waals surface area contributed by atoms with Crippen molar-refractivity contribution in [2.24, 2.45) is 17.3 Å². The average Bonchev–Trinajstić information content (AvgIpc) is 2.14. The molecule has 0 aromatic carbocycles. The van der Waals surface area contributed by atoms with Gasteiger partial charge in [-0.15, -0.1) is 0 Å². The molecular formula is C16H35N. The van der Waals surface area contributed by atoms with Gasteiger partial charge in [0, 0.05) is 0 Å². The highest BCUT2D eigenvalue weighted by molar-refractivity contribution is 4.68. The summed E-state index contributed by atoms with van der Waals surface area (Å²) < 4.78 is 0. The van der Waals surface area contributed by atoms with Crippen molar-refractivity contribution in [3.05, 3.63) is 0 Å². The van der Waals surface area contributed by atoms with Crippen LogP contribution >= 0.6 is 0 Å². The van der Waals surface area contributed by atoms with Crippen LogP contribution in [0.1, 0.15) is 73.6 Å². The molecule has 0 aromatic rings. The molecule has 0 amide bonds. The van der Waals surface area contributed by atoms with E-state index in [-0.39, 0.29) is 0 Å². The molecule has 0 aliphatic heterocycles. The van der Waals surface area contributed by atoms with E-state index >= 15 is 0 Å². The smallest absolute Gasteiger partial charge is 0.00204 e. The second-order valence-electron chi connectivity index (χ2n) is 7.15. The molecule has 1 heteroatoms.